The minimum absolute atomic E-state index is 0.177. The summed E-state index contributed by atoms with van der Waals surface area (Å²) >= 11 is 0. The zero-order valence-corrected chi connectivity index (χ0v) is 21.1. The summed E-state index contributed by atoms with van der Waals surface area (Å²) in [6.45, 7) is 2.44. The number of sulfonamides is 1. The average molecular weight is 511 g/mol. The van der Waals surface area contributed by atoms with Crippen LogP contribution in [0.2, 0.25) is 0 Å². The molecule has 1 aromatic heterocycles. The number of hydrogen-bond donors (Lipinski definition) is 0. The molecule has 5 aromatic rings. The molecule has 0 aliphatic rings. The third kappa shape index (κ3) is 5.33. The van der Waals surface area contributed by atoms with Crippen LogP contribution in [0.15, 0.2) is 130 Å². The molecule has 0 aliphatic heterocycles. The summed E-state index contributed by atoms with van der Waals surface area (Å²) in [6.07, 6.45) is 1.39. The highest BCUT2D eigenvalue weighted by Gasteiger charge is 2.25. The Morgan fingerprint density at radius 1 is 0.757 bits per heavy atom. The van der Waals surface area contributed by atoms with E-state index in [9.17, 15) is 13.2 Å². The summed E-state index contributed by atoms with van der Waals surface area (Å²) in [5.74, 6) is -0.505. The summed E-state index contributed by atoms with van der Waals surface area (Å²) < 4.78 is 35.7. The second kappa shape index (κ2) is 10.4. The van der Waals surface area contributed by atoms with Crippen LogP contribution in [0, 0.1) is 6.92 Å². The SMILES string of the molecule is Cc1cccc(-n2c(-c3ccc(S(=O)(=O)N(Cc4ccccc4)Cc4ccccc4)cc3)coc2=O)c1. The number of nitrogens with zero attached hydrogens (tertiary/aromatic N) is 2. The molecule has 6 nitrogen and oxygen atoms in total. The first-order valence-electron chi connectivity index (χ1n) is 11.9. The highest BCUT2D eigenvalue weighted by atomic mass is 32.2. The fraction of sp³-hybridized carbons (Fsp3) is 0.100. The molecule has 0 fully saturated rings. The summed E-state index contributed by atoms with van der Waals surface area (Å²) in [5, 5.41) is 0. The van der Waals surface area contributed by atoms with Crippen LogP contribution >= 0.6 is 0 Å². The lowest BCUT2D eigenvalue weighted by molar-refractivity contribution is 0.401. The number of benzene rings is 4. The Morgan fingerprint density at radius 2 is 1.35 bits per heavy atom. The van der Waals surface area contributed by atoms with Gasteiger partial charge in [-0.2, -0.15) is 4.31 Å². The van der Waals surface area contributed by atoms with Gasteiger partial charge in [0.25, 0.3) is 0 Å². The molecule has 0 radical (unpaired) electrons. The number of aromatic nitrogens is 1. The van der Waals surface area contributed by atoms with E-state index in [2.05, 4.69) is 0 Å². The number of oxazole rings is 1. The zero-order valence-electron chi connectivity index (χ0n) is 20.3. The van der Waals surface area contributed by atoms with Crippen LogP contribution in [0.25, 0.3) is 16.9 Å². The van der Waals surface area contributed by atoms with Crippen LogP contribution in [-0.4, -0.2) is 17.3 Å². The van der Waals surface area contributed by atoms with Crippen molar-refractivity contribution in [1.29, 1.82) is 0 Å². The van der Waals surface area contributed by atoms with Gasteiger partial charge in [-0.05, 0) is 47.9 Å². The van der Waals surface area contributed by atoms with E-state index in [0.717, 1.165) is 16.7 Å². The van der Waals surface area contributed by atoms with Crippen LogP contribution in [-0.2, 0) is 23.1 Å². The Labute approximate surface area is 216 Å². The average Bonchev–Trinajstić information content (AvgIpc) is 3.31. The van der Waals surface area contributed by atoms with Gasteiger partial charge in [-0.15, -0.1) is 0 Å². The molecule has 0 bridgehead atoms. The molecule has 0 amide bonds. The van der Waals surface area contributed by atoms with Gasteiger partial charge in [-0.3, -0.25) is 0 Å². The van der Waals surface area contributed by atoms with E-state index in [1.165, 1.54) is 15.1 Å². The zero-order chi connectivity index (χ0) is 25.8. The van der Waals surface area contributed by atoms with Crippen LogP contribution in [0.5, 0.6) is 0 Å². The maximum absolute atomic E-state index is 13.8. The minimum Gasteiger partial charge on any atom is -0.415 e. The lowest BCUT2D eigenvalue weighted by Crippen LogP contribution is -2.30. The third-order valence-electron chi connectivity index (χ3n) is 6.15. The number of hydrogen-bond acceptors (Lipinski definition) is 4. The molecule has 1 heterocycles. The second-order valence-electron chi connectivity index (χ2n) is 8.83. The molecule has 186 valence electrons. The fourth-order valence-corrected chi connectivity index (χ4v) is 5.68. The molecule has 5 rings (SSSR count). The van der Waals surface area contributed by atoms with E-state index < -0.39 is 15.8 Å². The van der Waals surface area contributed by atoms with E-state index in [-0.39, 0.29) is 18.0 Å². The van der Waals surface area contributed by atoms with Crippen molar-refractivity contribution in [1.82, 2.24) is 8.87 Å². The smallest absolute Gasteiger partial charge is 0.415 e. The molecule has 0 saturated carbocycles. The van der Waals surface area contributed by atoms with Crippen LogP contribution in [0.1, 0.15) is 16.7 Å². The molecule has 0 saturated heterocycles. The van der Waals surface area contributed by atoms with Gasteiger partial charge in [-0.1, -0.05) is 84.9 Å². The summed E-state index contributed by atoms with van der Waals surface area (Å²) in [6, 6.07) is 33.2. The Kier molecular flexibility index (Phi) is 6.90. The van der Waals surface area contributed by atoms with Crippen LogP contribution < -0.4 is 5.76 Å². The summed E-state index contributed by atoms with van der Waals surface area (Å²) in [4.78, 5) is 12.7. The van der Waals surface area contributed by atoms with Crippen molar-refractivity contribution < 1.29 is 12.8 Å². The molecular weight excluding hydrogens is 484 g/mol. The molecule has 0 aliphatic carbocycles. The van der Waals surface area contributed by atoms with Gasteiger partial charge in [0.15, 0.2) is 0 Å². The number of aryl methyl sites for hydroxylation is 1. The maximum atomic E-state index is 13.8. The topological polar surface area (TPSA) is 72.5 Å². The van der Waals surface area contributed by atoms with Gasteiger partial charge in [-0.25, -0.2) is 17.8 Å². The lowest BCUT2D eigenvalue weighted by atomic mass is 10.1. The van der Waals surface area contributed by atoms with Gasteiger partial charge in [0, 0.05) is 18.7 Å². The first-order chi connectivity index (χ1) is 17.9. The first kappa shape index (κ1) is 24.5. The Hall–Kier alpha value is -4.20. The van der Waals surface area contributed by atoms with Crippen molar-refractivity contribution in [3.8, 4) is 16.9 Å². The first-order valence-corrected chi connectivity index (χ1v) is 13.3. The molecule has 0 N–H and O–H groups in total. The van der Waals surface area contributed by atoms with E-state index in [0.29, 0.717) is 16.9 Å². The van der Waals surface area contributed by atoms with E-state index >= 15 is 0 Å². The largest absolute Gasteiger partial charge is 0.424 e. The fourth-order valence-electron chi connectivity index (χ4n) is 4.27. The third-order valence-corrected chi connectivity index (χ3v) is 7.95. The van der Waals surface area contributed by atoms with Gasteiger partial charge in [0.1, 0.15) is 6.26 Å². The second-order valence-corrected chi connectivity index (χ2v) is 10.8. The normalized spacial score (nSPS) is 11.6. The number of rotatable bonds is 8. The molecule has 0 spiro atoms. The van der Waals surface area contributed by atoms with Crippen molar-refractivity contribution in [3.63, 3.8) is 0 Å². The molecule has 37 heavy (non-hydrogen) atoms. The van der Waals surface area contributed by atoms with Gasteiger partial charge in [0.2, 0.25) is 10.0 Å². The molecule has 0 unspecified atom stereocenters. The summed E-state index contributed by atoms with van der Waals surface area (Å²) in [5.41, 5.74) is 4.71. The van der Waals surface area contributed by atoms with Gasteiger partial charge in [0.05, 0.1) is 16.3 Å². The van der Waals surface area contributed by atoms with E-state index in [4.69, 9.17) is 4.42 Å². The van der Waals surface area contributed by atoms with Crippen LogP contribution in [0.3, 0.4) is 0 Å². The minimum atomic E-state index is -3.82. The lowest BCUT2D eigenvalue weighted by Gasteiger charge is -2.23. The molecular formula is C30H26N2O4S. The van der Waals surface area contributed by atoms with Crippen molar-refractivity contribution in [2.45, 2.75) is 24.9 Å². The van der Waals surface area contributed by atoms with E-state index in [1.54, 1.807) is 24.3 Å². The van der Waals surface area contributed by atoms with E-state index in [1.807, 2.05) is 91.9 Å². The Morgan fingerprint density at radius 3 is 1.92 bits per heavy atom. The Bertz CT molecular complexity index is 1620. The summed E-state index contributed by atoms with van der Waals surface area (Å²) in [7, 11) is -3.82. The van der Waals surface area contributed by atoms with Gasteiger partial charge >= 0.3 is 5.76 Å². The molecule has 7 heteroatoms. The predicted octanol–water partition coefficient (Wildman–Crippen LogP) is 5.80. The monoisotopic (exact) mass is 510 g/mol. The van der Waals surface area contributed by atoms with Crippen molar-refractivity contribution in [2.24, 2.45) is 0 Å². The highest BCUT2D eigenvalue weighted by molar-refractivity contribution is 7.89. The molecule has 4 aromatic carbocycles. The highest BCUT2D eigenvalue weighted by Crippen LogP contribution is 2.26. The van der Waals surface area contributed by atoms with Crippen molar-refractivity contribution >= 4 is 10.0 Å². The maximum Gasteiger partial charge on any atom is 0.424 e. The van der Waals surface area contributed by atoms with Crippen molar-refractivity contribution in [3.05, 3.63) is 143 Å². The Balaban J connectivity index is 1.49. The predicted molar refractivity (Wildman–Crippen MR) is 144 cm³/mol. The van der Waals surface area contributed by atoms with Crippen LogP contribution in [0.4, 0.5) is 0 Å². The standard InChI is InChI=1S/C30H26N2O4S/c1-23-9-8-14-27(19-23)32-29(22-36-30(32)33)26-15-17-28(18-16-26)37(34,35)31(20-24-10-4-2-5-11-24)21-25-12-6-3-7-13-25/h2-19,22H,20-21H2,1H3. The quantitative estimate of drug-likeness (QED) is 0.265. The molecule has 0 atom stereocenters. The van der Waals surface area contributed by atoms with Gasteiger partial charge < -0.3 is 4.42 Å². The van der Waals surface area contributed by atoms with Crippen molar-refractivity contribution in [2.75, 3.05) is 0 Å².